The normalized spacial score (nSPS) is 18.4. The molecule has 0 N–H and O–H groups in total. The zero-order valence-electron chi connectivity index (χ0n) is 19.2. The van der Waals surface area contributed by atoms with Crippen LogP contribution < -0.4 is 0 Å². The molecule has 0 radical (unpaired) electrons. The Labute approximate surface area is 190 Å². The lowest BCUT2D eigenvalue weighted by molar-refractivity contribution is 0.0692. The molecule has 166 valence electrons. The number of hydrogen-bond donors (Lipinski definition) is 0. The fourth-order valence-electron chi connectivity index (χ4n) is 5.33. The second-order valence-electron chi connectivity index (χ2n) is 9.18. The van der Waals surface area contributed by atoms with Gasteiger partial charge in [0.2, 0.25) is 0 Å². The SMILES string of the molecule is CCn1nc2c(c1C(=O)N1CCCC(c3cc(-c4ccccc4)cc(C)n3)C1)CCCC2. The highest BCUT2D eigenvalue weighted by Gasteiger charge is 2.32. The number of rotatable bonds is 4. The van der Waals surface area contributed by atoms with E-state index in [4.69, 9.17) is 10.1 Å². The first kappa shape index (κ1) is 20.9. The number of nitrogens with zero attached hydrogens (tertiary/aromatic N) is 4. The van der Waals surface area contributed by atoms with Gasteiger partial charge in [0.25, 0.3) is 5.91 Å². The summed E-state index contributed by atoms with van der Waals surface area (Å²) in [6.07, 6.45) is 6.39. The fourth-order valence-corrected chi connectivity index (χ4v) is 5.33. The standard InChI is InChI=1S/C27H32N4O/c1-3-31-26(23-13-7-8-14-24(23)29-31)27(32)30-15-9-12-21(18-30)25-17-22(16-19(2)28-25)20-10-5-4-6-11-20/h4-6,10-11,16-17,21H,3,7-9,12-15,18H2,1-2H3. The van der Waals surface area contributed by atoms with Gasteiger partial charge in [0.05, 0.1) is 5.69 Å². The van der Waals surface area contributed by atoms with Gasteiger partial charge >= 0.3 is 0 Å². The van der Waals surface area contributed by atoms with Crippen LogP contribution in [-0.2, 0) is 19.4 Å². The number of pyridine rings is 1. The molecular weight excluding hydrogens is 396 g/mol. The molecule has 3 aromatic rings. The van der Waals surface area contributed by atoms with Crippen LogP contribution in [0.3, 0.4) is 0 Å². The highest BCUT2D eigenvalue weighted by Crippen LogP contribution is 2.32. The Morgan fingerprint density at radius 1 is 1.06 bits per heavy atom. The lowest BCUT2D eigenvalue weighted by Crippen LogP contribution is -2.40. The molecule has 0 spiro atoms. The van der Waals surface area contributed by atoms with Gasteiger partial charge in [-0.1, -0.05) is 30.3 Å². The van der Waals surface area contributed by atoms with Crippen LogP contribution in [0.25, 0.3) is 11.1 Å². The van der Waals surface area contributed by atoms with E-state index in [1.54, 1.807) is 0 Å². The van der Waals surface area contributed by atoms with Crippen molar-refractivity contribution in [3.63, 3.8) is 0 Å². The number of likely N-dealkylation sites (tertiary alicyclic amines) is 1. The number of aromatic nitrogens is 3. The molecule has 0 saturated carbocycles. The molecule has 1 atom stereocenters. The maximum absolute atomic E-state index is 13.7. The number of piperidine rings is 1. The van der Waals surface area contributed by atoms with E-state index >= 15 is 0 Å². The molecule has 1 unspecified atom stereocenters. The molecule has 3 heterocycles. The topological polar surface area (TPSA) is 51.0 Å². The second kappa shape index (κ2) is 8.89. The average molecular weight is 429 g/mol. The van der Waals surface area contributed by atoms with Crippen molar-refractivity contribution in [2.24, 2.45) is 0 Å². The molecule has 5 heteroatoms. The van der Waals surface area contributed by atoms with Gasteiger partial charge in [-0.15, -0.1) is 0 Å². The van der Waals surface area contributed by atoms with Crippen LogP contribution in [0, 0.1) is 6.92 Å². The Balaban J connectivity index is 1.42. The van der Waals surface area contributed by atoms with Gasteiger partial charge in [-0.2, -0.15) is 5.10 Å². The third kappa shape index (κ3) is 3.96. The van der Waals surface area contributed by atoms with Crippen molar-refractivity contribution in [2.75, 3.05) is 13.1 Å². The molecule has 1 saturated heterocycles. The monoisotopic (exact) mass is 428 g/mol. The molecule has 1 aliphatic heterocycles. The van der Waals surface area contributed by atoms with Gasteiger partial charge in [0, 0.05) is 42.5 Å². The van der Waals surface area contributed by atoms with Gasteiger partial charge in [-0.3, -0.25) is 14.5 Å². The summed E-state index contributed by atoms with van der Waals surface area (Å²) in [6.45, 7) is 6.43. The van der Waals surface area contributed by atoms with Crippen LogP contribution in [0.4, 0.5) is 0 Å². The van der Waals surface area contributed by atoms with Crippen LogP contribution >= 0.6 is 0 Å². The summed E-state index contributed by atoms with van der Waals surface area (Å²) in [5.41, 5.74) is 7.73. The van der Waals surface area contributed by atoms with Crippen LogP contribution in [0.1, 0.15) is 71.7 Å². The summed E-state index contributed by atoms with van der Waals surface area (Å²) >= 11 is 0. The molecular formula is C27H32N4O. The van der Waals surface area contributed by atoms with E-state index in [-0.39, 0.29) is 11.8 Å². The Morgan fingerprint density at radius 3 is 2.69 bits per heavy atom. The molecule has 5 rings (SSSR count). The third-order valence-electron chi connectivity index (χ3n) is 6.93. The molecule has 1 aromatic carbocycles. The molecule has 0 bridgehead atoms. The fraction of sp³-hybridized carbons (Fsp3) is 0.444. The van der Waals surface area contributed by atoms with Crippen molar-refractivity contribution >= 4 is 5.91 Å². The lowest BCUT2D eigenvalue weighted by Gasteiger charge is -2.33. The molecule has 1 amide bonds. The van der Waals surface area contributed by atoms with Crippen LogP contribution in [0.5, 0.6) is 0 Å². The van der Waals surface area contributed by atoms with E-state index in [0.717, 1.165) is 74.5 Å². The summed E-state index contributed by atoms with van der Waals surface area (Å²) in [5, 5.41) is 4.78. The van der Waals surface area contributed by atoms with E-state index < -0.39 is 0 Å². The summed E-state index contributed by atoms with van der Waals surface area (Å²) < 4.78 is 1.94. The summed E-state index contributed by atoms with van der Waals surface area (Å²) in [7, 11) is 0. The average Bonchev–Trinajstić information content (AvgIpc) is 3.22. The Kier molecular flexibility index (Phi) is 5.81. The number of carbonyl (C=O) groups is 1. The minimum atomic E-state index is 0.156. The zero-order chi connectivity index (χ0) is 22.1. The molecule has 1 fully saturated rings. The van der Waals surface area contributed by atoms with Crippen molar-refractivity contribution in [2.45, 2.75) is 64.8 Å². The van der Waals surface area contributed by atoms with Crippen LogP contribution in [0.2, 0.25) is 0 Å². The first-order valence-corrected chi connectivity index (χ1v) is 12.1. The van der Waals surface area contributed by atoms with Gasteiger partial charge < -0.3 is 4.90 Å². The predicted molar refractivity (Wildman–Crippen MR) is 127 cm³/mol. The smallest absolute Gasteiger partial charge is 0.272 e. The van der Waals surface area contributed by atoms with Crippen molar-refractivity contribution in [1.29, 1.82) is 0 Å². The van der Waals surface area contributed by atoms with Gasteiger partial charge in [0.1, 0.15) is 5.69 Å². The molecule has 5 nitrogen and oxygen atoms in total. The molecule has 2 aliphatic rings. The van der Waals surface area contributed by atoms with Crippen LogP contribution in [-0.4, -0.2) is 38.7 Å². The summed E-state index contributed by atoms with van der Waals surface area (Å²) in [5.74, 6) is 0.423. The number of hydrogen-bond acceptors (Lipinski definition) is 3. The minimum Gasteiger partial charge on any atom is -0.337 e. The van der Waals surface area contributed by atoms with E-state index in [0.29, 0.717) is 0 Å². The van der Waals surface area contributed by atoms with E-state index in [1.807, 2.05) is 10.7 Å². The number of aryl methyl sites for hydroxylation is 3. The largest absolute Gasteiger partial charge is 0.337 e. The van der Waals surface area contributed by atoms with Crippen molar-refractivity contribution < 1.29 is 4.79 Å². The molecule has 2 aromatic heterocycles. The zero-order valence-corrected chi connectivity index (χ0v) is 19.2. The first-order chi connectivity index (χ1) is 15.6. The molecule has 1 aliphatic carbocycles. The van der Waals surface area contributed by atoms with Gasteiger partial charge in [-0.25, -0.2) is 0 Å². The van der Waals surface area contributed by atoms with E-state index in [1.165, 1.54) is 23.1 Å². The highest BCUT2D eigenvalue weighted by atomic mass is 16.2. The number of carbonyl (C=O) groups excluding carboxylic acids is 1. The predicted octanol–water partition coefficient (Wildman–Crippen LogP) is 5.17. The summed E-state index contributed by atoms with van der Waals surface area (Å²) in [4.78, 5) is 20.6. The lowest BCUT2D eigenvalue weighted by atomic mass is 9.91. The maximum Gasteiger partial charge on any atom is 0.272 e. The van der Waals surface area contributed by atoms with Crippen molar-refractivity contribution in [3.05, 3.63) is 70.8 Å². The van der Waals surface area contributed by atoms with Crippen molar-refractivity contribution in [3.8, 4) is 11.1 Å². The second-order valence-corrected chi connectivity index (χ2v) is 9.18. The quantitative estimate of drug-likeness (QED) is 0.576. The van der Waals surface area contributed by atoms with E-state index in [9.17, 15) is 4.79 Å². The minimum absolute atomic E-state index is 0.156. The maximum atomic E-state index is 13.7. The number of fused-ring (bicyclic) bond motifs is 1. The Hall–Kier alpha value is -2.95. The number of amides is 1. The molecule has 32 heavy (non-hydrogen) atoms. The third-order valence-corrected chi connectivity index (χ3v) is 6.93. The van der Waals surface area contributed by atoms with Crippen LogP contribution in [0.15, 0.2) is 42.5 Å². The first-order valence-electron chi connectivity index (χ1n) is 12.1. The summed E-state index contributed by atoms with van der Waals surface area (Å²) in [6, 6.07) is 14.8. The highest BCUT2D eigenvalue weighted by molar-refractivity contribution is 5.94. The van der Waals surface area contributed by atoms with Crippen molar-refractivity contribution in [1.82, 2.24) is 19.7 Å². The Morgan fingerprint density at radius 2 is 1.88 bits per heavy atom. The van der Waals surface area contributed by atoms with Gasteiger partial charge in [-0.05, 0) is 75.6 Å². The van der Waals surface area contributed by atoms with E-state index in [2.05, 4.69) is 55.1 Å². The van der Waals surface area contributed by atoms with Gasteiger partial charge in [0.15, 0.2) is 0 Å². The Bertz CT molecular complexity index is 1120. The number of benzene rings is 1.